The van der Waals surface area contributed by atoms with Crippen LogP contribution in [0.5, 0.6) is 0 Å². The quantitative estimate of drug-likeness (QED) is 0.714. The number of rotatable bonds is 1. The molecule has 70 valence electrons. The van der Waals surface area contributed by atoms with Crippen LogP contribution in [0.15, 0.2) is 24.3 Å². The van der Waals surface area contributed by atoms with E-state index in [0.717, 1.165) is 12.0 Å². The van der Waals surface area contributed by atoms with Crippen LogP contribution in [0, 0.1) is 5.82 Å². The zero-order valence-corrected chi connectivity index (χ0v) is 7.24. The first-order valence-electron chi connectivity index (χ1n) is 4.40. The Kier molecular flexibility index (Phi) is 2.29. The molecule has 2 atom stereocenters. The van der Waals surface area contributed by atoms with Gasteiger partial charge in [0, 0.05) is 12.6 Å². The van der Waals surface area contributed by atoms with Crippen LogP contribution in [0.2, 0.25) is 0 Å². The third-order valence-corrected chi connectivity index (χ3v) is 2.34. The minimum Gasteiger partial charge on any atom is -0.372 e. The van der Waals surface area contributed by atoms with Gasteiger partial charge in [-0.25, -0.2) is 4.39 Å². The fraction of sp³-hybridized carbons (Fsp3) is 0.400. The van der Waals surface area contributed by atoms with Crippen LogP contribution in [0.25, 0.3) is 0 Å². The molecule has 1 aliphatic rings. The van der Waals surface area contributed by atoms with E-state index in [1.54, 1.807) is 12.1 Å². The Bertz CT molecular complexity index is 285. The van der Waals surface area contributed by atoms with E-state index in [9.17, 15) is 4.39 Å². The van der Waals surface area contributed by atoms with Crippen LogP contribution in [0.1, 0.15) is 18.1 Å². The number of ether oxygens (including phenoxy) is 1. The highest BCUT2D eigenvalue weighted by atomic mass is 19.1. The van der Waals surface area contributed by atoms with Gasteiger partial charge in [-0.1, -0.05) is 12.1 Å². The van der Waals surface area contributed by atoms with Crippen molar-refractivity contribution in [2.45, 2.75) is 18.6 Å². The van der Waals surface area contributed by atoms with Gasteiger partial charge < -0.3 is 10.5 Å². The second kappa shape index (κ2) is 3.44. The summed E-state index contributed by atoms with van der Waals surface area (Å²) in [6, 6.07) is 6.37. The van der Waals surface area contributed by atoms with Crippen LogP contribution in [0.3, 0.4) is 0 Å². The van der Waals surface area contributed by atoms with E-state index in [4.69, 9.17) is 10.5 Å². The predicted molar refractivity (Wildman–Crippen MR) is 47.7 cm³/mol. The van der Waals surface area contributed by atoms with Crippen LogP contribution in [-0.4, -0.2) is 12.6 Å². The molecule has 0 amide bonds. The zero-order valence-electron chi connectivity index (χ0n) is 7.24. The van der Waals surface area contributed by atoms with Crippen molar-refractivity contribution in [2.75, 3.05) is 6.61 Å². The summed E-state index contributed by atoms with van der Waals surface area (Å²) in [6.07, 6.45) is 0.822. The summed E-state index contributed by atoms with van der Waals surface area (Å²) in [5, 5.41) is 0. The Morgan fingerprint density at radius 1 is 1.31 bits per heavy atom. The third kappa shape index (κ3) is 1.71. The van der Waals surface area contributed by atoms with Gasteiger partial charge in [-0.2, -0.15) is 0 Å². The molecule has 2 nitrogen and oxygen atoms in total. The first kappa shape index (κ1) is 8.66. The summed E-state index contributed by atoms with van der Waals surface area (Å²) in [5.74, 6) is -0.227. The summed E-state index contributed by atoms with van der Waals surface area (Å²) in [6.45, 7) is 0.698. The molecule has 1 aliphatic heterocycles. The molecule has 1 saturated heterocycles. The van der Waals surface area contributed by atoms with Crippen molar-refractivity contribution in [1.29, 1.82) is 0 Å². The van der Waals surface area contributed by atoms with E-state index in [1.165, 1.54) is 12.1 Å². The molecule has 0 unspecified atom stereocenters. The molecule has 13 heavy (non-hydrogen) atoms. The predicted octanol–water partition coefficient (Wildman–Crippen LogP) is 1.61. The summed E-state index contributed by atoms with van der Waals surface area (Å²) in [7, 11) is 0. The highest BCUT2D eigenvalue weighted by molar-refractivity contribution is 5.20. The average Bonchev–Trinajstić information content (AvgIpc) is 2.53. The van der Waals surface area contributed by atoms with Crippen molar-refractivity contribution in [3.63, 3.8) is 0 Å². The molecule has 3 heteroatoms. The summed E-state index contributed by atoms with van der Waals surface area (Å²) in [5.41, 5.74) is 6.79. The van der Waals surface area contributed by atoms with E-state index in [1.807, 2.05) is 0 Å². The number of benzene rings is 1. The molecular weight excluding hydrogens is 169 g/mol. The van der Waals surface area contributed by atoms with Crippen molar-refractivity contribution >= 4 is 0 Å². The third-order valence-electron chi connectivity index (χ3n) is 2.34. The van der Waals surface area contributed by atoms with Crippen molar-refractivity contribution in [3.8, 4) is 0 Å². The number of halogens is 1. The van der Waals surface area contributed by atoms with Crippen LogP contribution in [-0.2, 0) is 4.74 Å². The number of nitrogens with two attached hydrogens (primary N) is 1. The molecule has 2 N–H and O–H groups in total. The number of hydrogen-bond donors (Lipinski definition) is 1. The number of hydrogen-bond acceptors (Lipinski definition) is 2. The molecule has 1 aromatic carbocycles. The Labute approximate surface area is 76.5 Å². The Balaban J connectivity index is 2.20. The lowest BCUT2D eigenvalue weighted by Crippen LogP contribution is -2.23. The SMILES string of the molecule is N[C@@H]1CCO[C@@H]1c1ccc(F)cc1. The zero-order chi connectivity index (χ0) is 9.26. The van der Waals surface area contributed by atoms with Gasteiger partial charge in [0.05, 0.1) is 6.10 Å². The normalized spacial score (nSPS) is 27.8. The molecule has 1 heterocycles. The first-order chi connectivity index (χ1) is 6.27. The summed E-state index contributed by atoms with van der Waals surface area (Å²) in [4.78, 5) is 0. The molecule has 1 aromatic rings. The highest BCUT2D eigenvalue weighted by Gasteiger charge is 2.25. The lowest BCUT2D eigenvalue weighted by molar-refractivity contribution is 0.105. The minimum absolute atomic E-state index is 0.0467. The Morgan fingerprint density at radius 2 is 2.00 bits per heavy atom. The van der Waals surface area contributed by atoms with E-state index in [2.05, 4.69) is 0 Å². The molecule has 2 rings (SSSR count). The minimum atomic E-state index is -0.227. The molecule has 1 fully saturated rings. The van der Waals surface area contributed by atoms with E-state index < -0.39 is 0 Å². The van der Waals surface area contributed by atoms with Crippen LogP contribution >= 0.6 is 0 Å². The fourth-order valence-electron chi connectivity index (χ4n) is 1.60. The Hall–Kier alpha value is -0.930. The molecule has 0 saturated carbocycles. The largest absolute Gasteiger partial charge is 0.372 e. The van der Waals surface area contributed by atoms with Gasteiger partial charge >= 0.3 is 0 Å². The van der Waals surface area contributed by atoms with Crippen LogP contribution in [0.4, 0.5) is 4.39 Å². The topological polar surface area (TPSA) is 35.2 Å². The molecule has 0 aromatic heterocycles. The van der Waals surface area contributed by atoms with Gasteiger partial charge in [0.2, 0.25) is 0 Å². The van der Waals surface area contributed by atoms with Crippen molar-refractivity contribution in [1.82, 2.24) is 0 Å². The summed E-state index contributed by atoms with van der Waals surface area (Å²) < 4.78 is 18.0. The van der Waals surface area contributed by atoms with E-state index in [0.29, 0.717) is 6.61 Å². The summed E-state index contributed by atoms with van der Waals surface area (Å²) >= 11 is 0. The molecule has 0 radical (unpaired) electrons. The van der Waals surface area contributed by atoms with Gasteiger partial charge in [-0.3, -0.25) is 0 Å². The maximum atomic E-state index is 12.6. The molecule has 0 bridgehead atoms. The lowest BCUT2D eigenvalue weighted by Gasteiger charge is -2.14. The van der Waals surface area contributed by atoms with Crippen molar-refractivity contribution < 1.29 is 9.13 Å². The van der Waals surface area contributed by atoms with Crippen LogP contribution < -0.4 is 5.73 Å². The van der Waals surface area contributed by atoms with Gasteiger partial charge in [-0.15, -0.1) is 0 Å². The molecular formula is C10H12FNO. The van der Waals surface area contributed by atoms with Gasteiger partial charge in [0.15, 0.2) is 0 Å². The van der Waals surface area contributed by atoms with Gasteiger partial charge in [0.1, 0.15) is 5.82 Å². The molecule has 0 aliphatic carbocycles. The van der Waals surface area contributed by atoms with Gasteiger partial charge in [0.25, 0.3) is 0 Å². The fourth-order valence-corrected chi connectivity index (χ4v) is 1.60. The maximum Gasteiger partial charge on any atom is 0.123 e. The smallest absolute Gasteiger partial charge is 0.123 e. The monoisotopic (exact) mass is 181 g/mol. The van der Waals surface area contributed by atoms with Crippen molar-refractivity contribution in [2.24, 2.45) is 5.73 Å². The molecule has 0 spiro atoms. The Morgan fingerprint density at radius 3 is 2.54 bits per heavy atom. The average molecular weight is 181 g/mol. The second-order valence-electron chi connectivity index (χ2n) is 3.30. The standard InChI is InChI=1S/C10H12FNO/c11-8-3-1-7(2-4-8)10-9(12)5-6-13-10/h1-4,9-10H,5-6,12H2/t9-,10-/m1/s1. The highest BCUT2D eigenvalue weighted by Crippen LogP contribution is 2.27. The lowest BCUT2D eigenvalue weighted by atomic mass is 10.0. The van der Waals surface area contributed by atoms with E-state index >= 15 is 0 Å². The second-order valence-corrected chi connectivity index (χ2v) is 3.30. The maximum absolute atomic E-state index is 12.6. The first-order valence-corrected chi connectivity index (χ1v) is 4.40. The van der Waals surface area contributed by atoms with Gasteiger partial charge in [-0.05, 0) is 24.1 Å². The van der Waals surface area contributed by atoms with Crippen molar-refractivity contribution in [3.05, 3.63) is 35.6 Å². The van der Waals surface area contributed by atoms with E-state index in [-0.39, 0.29) is 18.0 Å².